The second-order valence-electron chi connectivity index (χ2n) is 4.25. The number of hydrogen-bond donors (Lipinski definition) is 1. The lowest BCUT2D eigenvalue weighted by molar-refractivity contribution is -0.133. The van der Waals surface area contributed by atoms with Crippen LogP contribution in [-0.4, -0.2) is 26.4 Å². The number of thioether (sulfide) groups is 1. The van der Waals surface area contributed by atoms with Crippen LogP contribution in [0.15, 0.2) is 36.0 Å². The highest BCUT2D eigenvalue weighted by Crippen LogP contribution is 2.26. The van der Waals surface area contributed by atoms with Gasteiger partial charge in [0.2, 0.25) is 0 Å². The lowest BCUT2D eigenvalue weighted by Gasteiger charge is -2.08. The van der Waals surface area contributed by atoms with Gasteiger partial charge in [-0.05, 0) is 25.0 Å². The van der Waals surface area contributed by atoms with E-state index in [2.05, 4.69) is 16.1 Å². The topological polar surface area (TPSA) is 55.1 Å². The van der Waals surface area contributed by atoms with Gasteiger partial charge in [-0.1, -0.05) is 30.0 Å². The van der Waals surface area contributed by atoms with Crippen molar-refractivity contribution in [1.82, 2.24) is 9.55 Å². The Hall–Kier alpha value is -1.75. The van der Waals surface area contributed by atoms with Crippen molar-refractivity contribution in [3.63, 3.8) is 0 Å². The molecule has 1 heterocycles. The highest BCUT2D eigenvalue weighted by Gasteiger charge is 2.13. The Morgan fingerprint density at radius 2 is 2.37 bits per heavy atom. The van der Waals surface area contributed by atoms with Gasteiger partial charge in [0.15, 0.2) is 5.16 Å². The molecule has 2 rings (SSSR count). The summed E-state index contributed by atoms with van der Waals surface area (Å²) < 4.78 is 2.08. The maximum absolute atomic E-state index is 10.7. The molecule has 0 spiro atoms. The number of imidazole rings is 1. The number of aromatic nitrogens is 2. The summed E-state index contributed by atoms with van der Waals surface area (Å²) in [6.07, 6.45) is 2.69. The maximum Gasteiger partial charge on any atom is 0.313 e. The van der Waals surface area contributed by atoms with Crippen molar-refractivity contribution in [1.29, 1.82) is 0 Å². The molecular weight excluding hydrogens is 260 g/mol. The molecule has 0 aliphatic rings. The molecule has 0 fully saturated rings. The summed E-state index contributed by atoms with van der Waals surface area (Å²) in [7, 11) is 0. The van der Waals surface area contributed by atoms with Gasteiger partial charge >= 0.3 is 5.97 Å². The SMILES string of the molecule is C=CCCn1c(SCC(=O)O)nc2cccc(C)c21. The van der Waals surface area contributed by atoms with E-state index in [1.54, 1.807) is 0 Å². The van der Waals surface area contributed by atoms with Gasteiger partial charge in [0, 0.05) is 6.54 Å². The Bertz CT molecular complexity index is 619. The molecule has 0 amide bonds. The van der Waals surface area contributed by atoms with E-state index in [1.807, 2.05) is 31.2 Å². The lowest BCUT2D eigenvalue weighted by atomic mass is 10.2. The molecular formula is C14H16N2O2S. The van der Waals surface area contributed by atoms with Crippen molar-refractivity contribution in [3.05, 3.63) is 36.4 Å². The Kier molecular flexibility index (Phi) is 4.27. The van der Waals surface area contributed by atoms with Crippen molar-refractivity contribution >= 4 is 28.8 Å². The summed E-state index contributed by atoms with van der Waals surface area (Å²) in [6.45, 7) is 6.54. The van der Waals surface area contributed by atoms with Crippen molar-refractivity contribution in [2.75, 3.05) is 5.75 Å². The number of rotatable bonds is 6. The number of allylic oxidation sites excluding steroid dienone is 1. The predicted molar refractivity (Wildman–Crippen MR) is 77.6 cm³/mol. The third kappa shape index (κ3) is 2.98. The molecule has 0 saturated heterocycles. The minimum absolute atomic E-state index is 0.0243. The van der Waals surface area contributed by atoms with Crippen LogP contribution in [0.2, 0.25) is 0 Å². The van der Waals surface area contributed by atoms with Gasteiger partial charge in [0.05, 0.1) is 16.8 Å². The van der Waals surface area contributed by atoms with Crippen LogP contribution in [0.1, 0.15) is 12.0 Å². The van der Waals surface area contributed by atoms with Crippen LogP contribution < -0.4 is 0 Å². The summed E-state index contributed by atoms with van der Waals surface area (Å²) in [5, 5.41) is 9.56. The third-order valence-electron chi connectivity index (χ3n) is 2.81. The lowest BCUT2D eigenvalue weighted by Crippen LogP contribution is -2.03. The second-order valence-corrected chi connectivity index (χ2v) is 5.19. The molecule has 1 aromatic carbocycles. The predicted octanol–water partition coefficient (Wildman–Crippen LogP) is 3.10. The third-order valence-corrected chi connectivity index (χ3v) is 3.78. The number of carbonyl (C=O) groups is 1. The number of carboxylic acid groups (broad SMARTS) is 1. The van der Waals surface area contributed by atoms with E-state index < -0.39 is 5.97 Å². The van der Waals surface area contributed by atoms with Crippen LogP contribution in [0.3, 0.4) is 0 Å². The van der Waals surface area contributed by atoms with Gasteiger partial charge in [0.1, 0.15) is 0 Å². The largest absolute Gasteiger partial charge is 0.481 e. The van der Waals surface area contributed by atoms with Crippen LogP contribution in [0.4, 0.5) is 0 Å². The van der Waals surface area contributed by atoms with Crippen molar-refractivity contribution in [3.8, 4) is 0 Å². The van der Waals surface area contributed by atoms with Crippen LogP contribution in [0, 0.1) is 6.92 Å². The Morgan fingerprint density at radius 1 is 1.58 bits per heavy atom. The fourth-order valence-electron chi connectivity index (χ4n) is 2.01. The van der Waals surface area contributed by atoms with Crippen LogP contribution in [0.25, 0.3) is 11.0 Å². The number of nitrogens with zero attached hydrogens (tertiary/aromatic N) is 2. The first-order valence-electron chi connectivity index (χ1n) is 6.05. The molecule has 0 saturated carbocycles. The molecule has 1 N–H and O–H groups in total. The van der Waals surface area contributed by atoms with Gasteiger partial charge in [0.25, 0.3) is 0 Å². The first-order chi connectivity index (χ1) is 9.13. The minimum Gasteiger partial charge on any atom is -0.481 e. The molecule has 1 aromatic heterocycles. The molecule has 4 nitrogen and oxygen atoms in total. The molecule has 0 atom stereocenters. The zero-order valence-corrected chi connectivity index (χ0v) is 11.6. The minimum atomic E-state index is -0.830. The average molecular weight is 276 g/mol. The van der Waals surface area contributed by atoms with Crippen molar-refractivity contribution in [2.24, 2.45) is 0 Å². The van der Waals surface area contributed by atoms with E-state index in [4.69, 9.17) is 5.11 Å². The highest BCUT2D eigenvalue weighted by molar-refractivity contribution is 7.99. The number of carboxylic acids is 1. The zero-order chi connectivity index (χ0) is 13.8. The van der Waals surface area contributed by atoms with Crippen molar-refractivity contribution in [2.45, 2.75) is 25.0 Å². The van der Waals surface area contributed by atoms with Gasteiger partial charge < -0.3 is 9.67 Å². The molecule has 0 aliphatic heterocycles. The van der Waals surface area contributed by atoms with Crippen molar-refractivity contribution < 1.29 is 9.90 Å². The van der Waals surface area contributed by atoms with Gasteiger partial charge in [-0.3, -0.25) is 4.79 Å². The number of hydrogen-bond acceptors (Lipinski definition) is 3. The first-order valence-corrected chi connectivity index (χ1v) is 7.03. The van der Waals surface area contributed by atoms with Gasteiger partial charge in [-0.2, -0.15) is 0 Å². The van der Waals surface area contributed by atoms with Crippen LogP contribution >= 0.6 is 11.8 Å². The van der Waals surface area contributed by atoms with E-state index in [1.165, 1.54) is 11.8 Å². The molecule has 0 bridgehead atoms. The number of aliphatic carboxylic acids is 1. The summed E-state index contributed by atoms with van der Waals surface area (Å²) in [6, 6.07) is 5.96. The monoisotopic (exact) mass is 276 g/mol. The summed E-state index contributed by atoms with van der Waals surface area (Å²) in [5.74, 6) is -0.805. The summed E-state index contributed by atoms with van der Waals surface area (Å²) in [5.41, 5.74) is 3.14. The smallest absolute Gasteiger partial charge is 0.313 e. The number of aryl methyl sites for hydroxylation is 2. The fraction of sp³-hybridized carbons (Fsp3) is 0.286. The number of fused-ring (bicyclic) bond motifs is 1. The average Bonchev–Trinajstić information content (AvgIpc) is 2.73. The molecule has 100 valence electrons. The molecule has 2 aromatic rings. The molecule has 5 heteroatoms. The Morgan fingerprint density at radius 3 is 3.05 bits per heavy atom. The zero-order valence-electron chi connectivity index (χ0n) is 10.8. The normalized spacial score (nSPS) is 10.8. The first kappa shape index (κ1) is 13.7. The fourth-order valence-corrected chi connectivity index (χ4v) is 2.76. The van der Waals surface area contributed by atoms with Gasteiger partial charge in [-0.25, -0.2) is 4.98 Å². The van der Waals surface area contributed by atoms with Crippen LogP contribution in [0.5, 0.6) is 0 Å². The molecule has 0 aliphatic carbocycles. The molecule has 0 radical (unpaired) electrons. The quantitative estimate of drug-likeness (QED) is 0.650. The second kappa shape index (κ2) is 5.93. The highest BCUT2D eigenvalue weighted by atomic mass is 32.2. The summed E-state index contributed by atoms with van der Waals surface area (Å²) >= 11 is 1.26. The van der Waals surface area contributed by atoms with Gasteiger partial charge in [-0.15, -0.1) is 6.58 Å². The van der Waals surface area contributed by atoms with Crippen LogP contribution in [-0.2, 0) is 11.3 Å². The number of benzene rings is 1. The van der Waals surface area contributed by atoms with E-state index in [0.717, 1.165) is 34.7 Å². The molecule has 0 unspecified atom stereocenters. The van der Waals surface area contributed by atoms with E-state index in [9.17, 15) is 4.79 Å². The molecule has 19 heavy (non-hydrogen) atoms. The van der Waals surface area contributed by atoms with E-state index in [0.29, 0.717) is 0 Å². The maximum atomic E-state index is 10.7. The van der Waals surface area contributed by atoms with E-state index >= 15 is 0 Å². The summed E-state index contributed by atoms with van der Waals surface area (Å²) in [4.78, 5) is 15.2. The van der Waals surface area contributed by atoms with E-state index in [-0.39, 0.29) is 5.75 Å². The Labute approximate surface area is 116 Å². The number of para-hydroxylation sites is 1. The standard InChI is InChI=1S/C14H16N2O2S/c1-3-4-8-16-13-10(2)6-5-7-11(13)15-14(16)19-9-12(17)18/h3,5-7H,1,4,8-9H2,2H3,(H,17,18). The Balaban J connectivity index is 2.45.